The molecule has 1 aliphatic heterocycles. The maximum atomic E-state index is 13.2. The van der Waals surface area contributed by atoms with Crippen molar-refractivity contribution in [2.45, 2.75) is 56.0 Å². The Labute approximate surface area is 293 Å². The molecule has 4 aromatic rings. The summed E-state index contributed by atoms with van der Waals surface area (Å²) in [4.78, 5) is 16.1. The van der Waals surface area contributed by atoms with Crippen LogP contribution in [0.2, 0.25) is 10.0 Å². The minimum atomic E-state index is -5.40. The first-order valence-corrected chi connectivity index (χ1v) is 18.0. The second kappa shape index (κ2) is 16.0. The van der Waals surface area contributed by atoms with Crippen molar-refractivity contribution in [3.8, 4) is 5.88 Å². The lowest BCUT2D eigenvalue weighted by atomic mass is 9.84. The number of rotatable bonds is 13. The third-order valence-corrected chi connectivity index (χ3v) is 10.6. The predicted molar refractivity (Wildman–Crippen MR) is 185 cm³/mol. The molecule has 14 heteroatoms. The number of fused-ring (bicyclic) bond motifs is 1. The van der Waals surface area contributed by atoms with E-state index in [4.69, 9.17) is 32.9 Å². The molecule has 0 atom stereocenters. The number of halogens is 5. The van der Waals surface area contributed by atoms with Crippen LogP contribution in [0.15, 0.2) is 72.8 Å². The maximum Gasteiger partial charge on any atom is 0.511 e. The van der Waals surface area contributed by atoms with Gasteiger partial charge >= 0.3 is 21.5 Å². The van der Waals surface area contributed by atoms with Crippen LogP contribution in [-0.2, 0) is 19.6 Å². The van der Waals surface area contributed by atoms with Gasteiger partial charge in [0.2, 0.25) is 5.88 Å². The van der Waals surface area contributed by atoms with E-state index in [0.717, 1.165) is 28.5 Å². The molecule has 49 heavy (non-hydrogen) atoms. The Kier molecular flexibility index (Phi) is 12.0. The smallest absolute Gasteiger partial charge is 0.478 e. The Balaban J connectivity index is 1.45. The first kappa shape index (κ1) is 36.7. The largest absolute Gasteiger partial charge is 0.511 e. The third-order valence-electron chi connectivity index (χ3n) is 8.50. The van der Waals surface area contributed by atoms with Gasteiger partial charge in [0, 0.05) is 58.7 Å². The van der Waals surface area contributed by atoms with E-state index in [2.05, 4.69) is 10.1 Å². The molecule has 0 spiro atoms. The number of ether oxygens (including phenoxy) is 2. The SMILES string of the molecule is COC(=O)CCCCCOc1cc(NC2CCN(S(=O)(=O)C(F)(F)F)CC2)c2cc(C(c3ccc(Cl)cc3)c3ccc(Cl)cc3)ccc2n1. The molecule has 2 heterocycles. The zero-order valence-electron chi connectivity index (χ0n) is 26.7. The number of benzene rings is 3. The number of aromatic nitrogens is 1. The highest BCUT2D eigenvalue weighted by molar-refractivity contribution is 7.90. The number of pyridine rings is 1. The number of nitrogens with one attached hydrogen (secondary N) is 1. The molecule has 1 aromatic heterocycles. The van der Waals surface area contributed by atoms with Crippen LogP contribution in [0.1, 0.15) is 61.1 Å². The van der Waals surface area contributed by atoms with E-state index < -0.39 is 15.5 Å². The molecule has 1 aliphatic rings. The van der Waals surface area contributed by atoms with Crippen LogP contribution in [0.25, 0.3) is 10.9 Å². The molecule has 0 aliphatic carbocycles. The van der Waals surface area contributed by atoms with Gasteiger partial charge in [-0.3, -0.25) is 4.79 Å². The quantitative estimate of drug-likeness (QED) is 0.0834. The number of methoxy groups -OCH3 is 1. The summed E-state index contributed by atoms with van der Waals surface area (Å²) in [5.41, 5.74) is -1.10. The first-order chi connectivity index (χ1) is 23.4. The zero-order chi connectivity index (χ0) is 35.2. The molecule has 0 radical (unpaired) electrons. The molecule has 262 valence electrons. The van der Waals surface area contributed by atoms with Gasteiger partial charge in [-0.15, -0.1) is 0 Å². The molecule has 1 fully saturated rings. The standard InChI is InChI=1S/C35H36Cl2F3N3O5S/c1-47-33(44)5-3-2-4-20-48-32-22-31(41-28-16-18-43(19-17-28)49(45,46)35(38,39)40)29-21-25(10-15-30(29)42-32)34(23-6-11-26(36)12-7-23)24-8-13-27(37)14-9-24/h6-15,21-22,28,34H,2-5,16-20H2,1H3,(H,41,42). The van der Waals surface area contributed by atoms with Crippen LogP contribution in [0, 0.1) is 0 Å². The molecule has 8 nitrogen and oxygen atoms in total. The fourth-order valence-corrected chi connectivity index (χ4v) is 7.15. The van der Waals surface area contributed by atoms with Crippen molar-refractivity contribution >= 4 is 55.8 Å². The lowest BCUT2D eigenvalue weighted by Crippen LogP contribution is -2.47. The zero-order valence-corrected chi connectivity index (χ0v) is 29.0. The molecule has 5 rings (SSSR count). The highest BCUT2D eigenvalue weighted by Gasteiger charge is 2.50. The number of esters is 1. The number of unbranched alkanes of at least 4 members (excludes halogenated alkanes) is 2. The van der Waals surface area contributed by atoms with Crippen LogP contribution in [0.4, 0.5) is 18.9 Å². The van der Waals surface area contributed by atoms with Crippen LogP contribution in [0.3, 0.4) is 0 Å². The summed E-state index contributed by atoms with van der Waals surface area (Å²) in [6, 6.07) is 22.6. The number of alkyl halides is 3. The topological polar surface area (TPSA) is 97.8 Å². The molecule has 0 saturated carbocycles. The van der Waals surface area contributed by atoms with Gasteiger partial charge in [0.05, 0.1) is 19.2 Å². The number of hydrogen-bond acceptors (Lipinski definition) is 7. The number of anilines is 1. The van der Waals surface area contributed by atoms with E-state index >= 15 is 0 Å². The van der Waals surface area contributed by atoms with Gasteiger partial charge in [0.25, 0.3) is 0 Å². The van der Waals surface area contributed by atoms with E-state index in [1.807, 2.05) is 66.7 Å². The Hall–Kier alpha value is -3.58. The number of carbonyl (C=O) groups excluding carboxylic acids is 1. The van der Waals surface area contributed by atoms with E-state index in [9.17, 15) is 26.4 Å². The molecular weight excluding hydrogens is 702 g/mol. The van der Waals surface area contributed by atoms with E-state index in [1.165, 1.54) is 7.11 Å². The number of nitrogens with zero attached hydrogens (tertiary/aromatic N) is 2. The van der Waals surface area contributed by atoms with Gasteiger partial charge in [0.1, 0.15) is 0 Å². The molecule has 0 bridgehead atoms. The van der Waals surface area contributed by atoms with Gasteiger partial charge < -0.3 is 14.8 Å². The Morgan fingerprint density at radius 1 is 0.918 bits per heavy atom. The van der Waals surface area contributed by atoms with E-state index in [-0.39, 0.29) is 43.9 Å². The number of sulfonamides is 1. The van der Waals surface area contributed by atoms with Gasteiger partial charge in [-0.05, 0) is 85.2 Å². The second-order valence-corrected chi connectivity index (χ2v) is 14.6. The van der Waals surface area contributed by atoms with Crippen molar-refractivity contribution in [1.29, 1.82) is 0 Å². The molecular formula is C35H36Cl2F3N3O5S. The average molecular weight is 739 g/mol. The highest BCUT2D eigenvalue weighted by Crippen LogP contribution is 2.38. The van der Waals surface area contributed by atoms with Crippen LogP contribution < -0.4 is 10.1 Å². The van der Waals surface area contributed by atoms with Crippen LogP contribution in [0.5, 0.6) is 5.88 Å². The summed E-state index contributed by atoms with van der Waals surface area (Å²) in [6.45, 7) is -0.171. The monoisotopic (exact) mass is 737 g/mol. The molecule has 1 N–H and O–H groups in total. The summed E-state index contributed by atoms with van der Waals surface area (Å²) >= 11 is 12.4. The first-order valence-electron chi connectivity index (χ1n) is 15.8. The second-order valence-electron chi connectivity index (χ2n) is 11.8. The van der Waals surface area contributed by atoms with Crippen molar-refractivity contribution in [2.24, 2.45) is 0 Å². The summed E-state index contributed by atoms with van der Waals surface area (Å²) in [5, 5.41) is 5.44. The minimum absolute atomic E-state index is 0.174. The number of hydrogen-bond donors (Lipinski definition) is 1. The van der Waals surface area contributed by atoms with Crippen LogP contribution >= 0.6 is 23.2 Å². The molecule has 3 aromatic carbocycles. The Morgan fingerprint density at radius 3 is 2.08 bits per heavy atom. The molecule has 0 unspecified atom stereocenters. The Bertz CT molecular complexity index is 1810. The van der Waals surface area contributed by atoms with Gasteiger partial charge in [-0.2, -0.15) is 17.5 Å². The number of piperidine rings is 1. The number of carbonyl (C=O) groups is 1. The molecule has 1 saturated heterocycles. The lowest BCUT2D eigenvalue weighted by Gasteiger charge is -2.32. The van der Waals surface area contributed by atoms with E-state index in [0.29, 0.717) is 57.3 Å². The fraction of sp³-hybridized carbons (Fsp3) is 0.371. The van der Waals surface area contributed by atoms with Gasteiger partial charge in [-0.25, -0.2) is 13.4 Å². The molecule has 0 amide bonds. The average Bonchev–Trinajstić information content (AvgIpc) is 3.08. The maximum absolute atomic E-state index is 13.2. The van der Waals surface area contributed by atoms with Gasteiger partial charge in [-0.1, -0.05) is 53.5 Å². The normalized spacial score (nSPS) is 14.7. The predicted octanol–water partition coefficient (Wildman–Crippen LogP) is 8.56. The fourth-order valence-electron chi connectivity index (χ4n) is 5.91. The Morgan fingerprint density at radius 2 is 1.51 bits per heavy atom. The summed E-state index contributed by atoms with van der Waals surface area (Å²) in [7, 11) is -4.04. The minimum Gasteiger partial charge on any atom is -0.478 e. The summed E-state index contributed by atoms with van der Waals surface area (Å²) in [6.07, 6.45) is 2.79. The van der Waals surface area contributed by atoms with Gasteiger partial charge in [0.15, 0.2) is 0 Å². The highest BCUT2D eigenvalue weighted by atomic mass is 35.5. The van der Waals surface area contributed by atoms with Crippen molar-refractivity contribution in [3.63, 3.8) is 0 Å². The van der Waals surface area contributed by atoms with Crippen molar-refractivity contribution in [1.82, 2.24) is 9.29 Å². The summed E-state index contributed by atoms with van der Waals surface area (Å²) in [5.74, 6) is -0.0910. The third kappa shape index (κ3) is 9.16. The van der Waals surface area contributed by atoms with Crippen molar-refractivity contribution in [2.75, 3.05) is 32.1 Å². The van der Waals surface area contributed by atoms with Crippen LogP contribution in [-0.4, -0.2) is 62.0 Å². The van der Waals surface area contributed by atoms with Crippen molar-refractivity contribution in [3.05, 3.63) is 99.5 Å². The van der Waals surface area contributed by atoms with Crippen molar-refractivity contribution < 1.29 is 35.9 Å². The summed E-state index contributed by atoms with van der Waals surface area (Å²) < 4.78 is 74.8. The lowest BCUT2D eigenvalue weighted by molar-refractivity contribution is -0.140. The van der Waals surface area contributed by atoms with E-state index in [1.54, 1.807) is 6.07 Å².